The van der Waals surface area contributed by atoms with E-state index in [1.54, 1.807) is 5.56 Å². The largest absolute Gasteiger partial charge is 0.330 e. The summed E-state index contributed by atoms with van der Waals surface area (Å²) in [6.07, 6.45) is 5.38. The topological polar surface area (TPSA) is 29.3 Å². The highest BCUT2D eigenvalue weighted by Gasteiger charge is 2.40. The van der Waals surface area contributed by atoms with Gasteiger partial charge in [-0.05, 0) is 82.2 Å². The molecule has 2 aliphatic rings. The van der Waals surface area contributed by atoms with Gasteiger partial charge in [0.05, 0.1) is 0 Å². The highest BCUT2D eigenvalue weighted by atomic mass is 15.2. The summed E-state index contributed by atoms with van der Waals surface area (Å²) in [5.74, 6) is 0.629. The summed E-state index contributed by atoms with van der Waals surface area (Å²) in [5, 5.41) is 0. The van der Waals surface area contributed by atoms with Gasteiger partial charge in [-0.2, -0.15) is 0 Å². The molecule has 20 heavy (non-hydrogen) atoms. The van der Waals surface area contributed by atoms with E-state index in [0.29, 0.717) is 12.0 Å². The highest BCUT2D eigenvalue weighted by molar-refractivity contribution is 5.40. The van der Waals surface area contributed by atoms with Crippen LogP contribution in [0.25, 0.3) is 0 Å². The van der Waals surface area contributed by atoms with Crippen LogP contribution in [0.4, 0.5) is 0 Å². The molecule has 1 heterocycles. The lowest BCUT2D eigenvalue weighted by Gasteiger charge is -2.43. The number of likely N-dealkylation sites (tertiary alicyclic amines) is 1. The molecule has 2 nitrogen and oxygen atoms in total. The zero-order valence-corrected chi connectivity index (χ0v) is 13.2. The van der Waals surface area contributed by atoms with E-state index in [2.05, 4.69) is 37.8 Å². The van der Waals surface area contributed by atoms with Crippen LogP contribution in [0.1, 0.15) is 54.0 Å². The van der Waals surface area contributed by atoms with Crippen molar-refractivity contribution in [1.29, 1.82) is 0 Å². The second-order valence-electron chi connectivity index (χ2n) is 6.86. The molecule has 1 aromatic carbocycles. The van der Waals surface area contributed by atoms with Gasteiger partial charge in [0.1, 0.15) is 0 Å². The summed E-state index contributed by atoms with van der Waals surface area (Å²) in [5.41, 5.74) is 12.0. The first-order chi connectivity index (χ1) is 9.61. The smallest absolute Gasteiger partial charge is 0.0396 e. The van der Waals surface area contributed by atoms with Gasteiger partial charge in [0.15, 0.2) is 0 Å². The average Bonchev–Trinajstić information content (AvgIpc) is 3.22. The number of nitrogens with zero attached hydrogens (tertiary/aromatic N) is 1. The Labute approximate surface area is 123 Å². The van der Waals surface area contributed by atoms with Crippen LogP contribution in [0.2, 0.25) is 0 Å². The van der Waals surface area contributed by atoms with Crippen molar-refractivity contribution in [1.82, 2.24) is 4.90 Å². The molecule has 110 valence electrons. The second-order valence-corrected chi connectivity index (χ2v) is 6.86. The van der Waals surface area contributed by atoms with Crippen LogP contribution in [0.15, 0.2) is 12.1 Å². The van der Waals surface area contributed by atoms with E-state index in [-0.39, 0.29) is 0 Å². The van der Waals surface area contributed by atoms with Gasteiger partial charge in [0.2, 0.25) is 0 Å². The summed E-state index contributed by atoms with van der Waals surface area (Å²) < 4.78 is 0. The van der Waals surface area contributed by atoms with Gasteiger partial charge in [0, 0.05) is 12.1 Å². The molecule has 0 amide bonds. The molecule has 1 saturated heterocycles. The predicted molar refractivity (Wildman–Crippen MR) is 84.9 cm³/mol. The average molecular weight is 272 g/mol. The third-order valence-corrected chi connectivity index (χ3v) is 5.15. The Hall–Kier alpha value is -0.860. The fourth-order valence-electron chi connectivity index (χ4n) is 4.23. The molecule has 1 saturated carbocycles. The van der Waals surface area contributed by atoms with Gasteiger partial charge in [-0.1, -0.05) is 17.7 Å². The molecule has 1 aliphatic heterocycles. The first kappa shape index (κ1) is 14.1. The maximum absolute atomic E-state index is 6.12. The molecule has 2 heteroatoms. The first-order valence-electron chi connectivity index (χ1n) is 8.15. The van der Waals surface area contributed by atoms with Crippen molar-refractivity contribution in [2.45, 2.75) is 58.5 Å². The minimum absolute atomic E-state index is 0.557. The Morgan fingerprint density at radius 3 is 2.30 bits per heavy atom. The fourth-order valence-corrected chi connectivity index (χ4v) is 4.23. The lowest BCUT2D eigenvalue weighted by molar-refractivity contribution is 0.0871. The quantitative estimate of drug-likeness (QED) is 0.912. The second kappa shape index (κ2) is 5.50. The van der Waals surface area contributed by atoms with Gasteiger partial charge in [-0.3, -0.25) is 4.90 Å². The number of nitrogens with two attached hydrogens (primary N) is 1. The molecule has 0 radical (unpaired) electrons. The molecule has 1 aromatic rings. The number of piperidine rings is 1. The van der Waals surface area contributed by atoms with Crippen LogP contribution in [-0.4, -0.2) is 24.0 Å². The number of benzene rings is 1. The molecule has 3 rings (SSSR count). The number of rotatable bonds is 3. The van der Waals surface area contributed by atoms with E-state index in [9.17, 15) is 0 Å². The van der Waals surface area contributed by atoms with Crippen molar-refractivity contribution in [3.63, 3.8) is 0 Å². The van der Waals surface area contributed by atoms with Crippen molar-refractivity contribution in [2.24, 2.45) is 11.7 Å². The van der Waals surface area contributed by atoms with Crippen molar-refractivity contribution >= 4 is 0 Å². The molecule has 0 aromatic heterocycles. The van der Waals surface area contributed by atoms with Crippen LogP contribution < -0.4 is 5.73 Å². The molecule has 2 atom stereocenters. The Morgan fingerprint density at radius 1 is 1.10 bits per heavy atom. The maximum Gasteiger partial charge on any atom is 0.0396 e. The van der Waals surface area contributed by atoms with Gasteiger partial charge < -0.3 is 5.73 Å². The molecular weight excluding hydrogens is 244 g/mol. The van der Waals surface area contributed by atoms with Crippen LogP contribution in [0.5, 0.6) is 0 Å². The zero-order valence-electron chi connectivity index (χ0n) is 13.2. The van der Waals surface area contributed by atoms with E-state index in [1.165, 1.54) is 48.9 Å². The van der Waals surface area contributed by atoms with Gasteiger partial charge in [-0.25, -0.2) is 0 Å². The Kier molecular flexibility index (Phi) is 3.87. The SMILES string of the molecule is Cc1cc(C)c(C2C(CN)CCCN2C2CC2)c(C)c1. The minimum Gasteiger partial charge on any atom is -0.330 e. The fraction of sp³-hybridized carbons (Fsp3) is 0.667. The molecule has 1 aliphatic carbocycles. The molecule has 2 fully saturated rings. The molecule has 2 N–H and O–H groups in total. The summed E-state index contributed by atoms with van der Waals surface area (Å²) in [6.45, 7) is 8.84. The van der Waals surface area contributed by atoms with Crippen LogP contribution in [0, 0.1) is 26.7 Å². The monoisotopic (exact) mass is 272 g/mol. The van der Waals surface area contributed by atoms with E-state index in [0.717, 1.165) is 12.6 Å². The van der Waals surface area contributed by atoms with E-state index in [4.69, 9.17) is 5.73 Å². The van der Waals surface area contributed by atoms with Crippen LogP contribution >= 0.6 is 0 Å². The maximum atomic E-state index is 6.12. The highest BCUT2D eigenvalue weighted by Crippen LogP contribution is 2.44. The normalized spacial score (nSPS) is 27.8. The van der Waals surface area contributed by atoms with Crippen molar-refractivity contribution in [3.8, 4) is 0 Å². The zero-order chi connectivity index (χ0) is 14.3. The van der Waals surface area contributed by atoms with E-state index < -0.39 is 0 Å². The lowest BCUT2D eigenvalue weighted by Crippen LogP contribution is -2.43. The summed E-state index contributed by atoms with van der Waals surface area (Å²) >= 11 is 0. The third-order valence-electron chi connectivity index (χ3n) is 5.15. The van der Waals surface area contributed by atoms with Gasteiger partial charge in [-0.15, -0.1) is 0 Å². The molecule has 0 bridgehead atoms. The Bertz CT molecular complexity index is 467. The molecule has 0 spiro atoms. The van der Waals surface area contributed by atoms with Crippen LogP contribution in [-0.2, 0) is 0 Å². The number of hydrogen-bond acceptors (Lipinski definition) is 2. The number of aryl methyl sites for hydroxylation is 3. The van der Waals surface area contributed by atoms with Crippen LogP contribution in [0.3, 0.4) is 0 Å². The van der Waals surface area contributed by atoms with E-state index in [1.807, 2.05) is 0 Å². The third kappa shape index (κ3) is 2.51. The minimum atomic E-state index is 0.557. The van der Waals surface area contributed by atoms with Crippen molar-refractivity contribution < 1.29 is 0 Å². The van der Waals surface area contributed by atoms with Crippen molar-refractivity contribution in [3.05, 3.63) is 34.4 Å². The Morgan fingerprint density at radius 2 is 1.75 bits per heavy atom. The molecule has 2 unspecified atom stereocenters. The Balaban J connectivity index is 2.02. The summed E-state index contributed by atoms with van der Waals surface area (Å²) in [6, 6.07) is 6.07. The lowest BCUT2D eigenvalue weighted by atomic mass is 9.80. The predicted octanol–water partition coefficient (Wildman–Crippen LogP) is 3.49. The van der Waals surface area contributed by atoms with E-state index >= 15 is 0 Å². The summed E-state index contributed by atoms with van der Waals surface area (Å²) in [4.78, 5) is 2.77. The first-order valence-corrected chi connectivity index (χ1v) is 8.15. The standard InChI is InChI=1S/C18H28N2/c1-12-9-13(2)17(14(3)10-12)18-15(11-19)5-4-8-20(18)16-6-7-16/h9-10,15-16,18H,4-8,11,19H2,1-3H3. The van der Waals surface area contributed by atoms with Gasteiger partial charge >= 0.3 is 0 Å². The number of hydrogen-bond donors (Lipinski definition) is 1. The summed E-state index contributed by atoms with van der Waals surface area (Å²) in [7, 11) is 0. The van der Waals surface area contributed by atoms with Crippen molar-refractivity contribution in [2.75, 3.05) is 13.1 Å². The molecular formula is C18H28N2. The van der Waals surface area contributed by atoms with Gasteiger partial charge in [0.25, 0.3) is 0 Å².